The van der Waals surface area contributed by atoms with Gasteiger partial charge >= 0.3 is 0 Å². The zero-order chi connectivity index (χ0) is 28.6. The van der Waals surface area contributed by atoms with Crippen LogP contribution in [0.25, 0.3) is 0 Å². The monoisotopic (exact) mass is 536 g/mol. The fourth-order valence-electron chi connectivity index (χ4n) is 5.32. The summed E-state index contributed by atoms with van der Waals surface area (Å²) in [6, 6.07) is 11.8. The summed E-state index contributed by atoms with van der Waals surface area (Å²) in [5.74, 6) is -0.644. The van der Waals surface area contributed by atoms with Gasteiger partial charge < -0.3 is 20.4 Å². The van der Waals surface area contributed by atoms with Crippen LogP contribution in [-0.2, 0) is 25.7 Å². The summed E-state index contributed by atoms with van der Waals surface area (Å²) in [5.41, 5.74) is 3.42. The predicted octanol–water partition coefficient (Wildman–Crippen LogP) is 4.44. The molecule has 1 aliphatic rings. The molecular weight excluding hydrogens is 512 g/mol. The summed E-state index contributed by atoms with van der Waals surface area (Å²) in [4.78, 5) is 47.1. The highest BCUT2D eigenvalue weighted by Gasteiger charge is 2.21. The molecule has 0 aliphatic heterocycles. The molecule has 0 saturated heterocycles. The van der Waals surface area contributed by atoms with Gasteiger partial charge in [-0.2, -0.15) is 0 Å². The Morgan fingerprint density at radius 3 is 0.625 bits per heavy atom. The molecule has 4 aromatic carbocycles. The number of benzene rings is 4. The number of carbonyl (C=O) groups excluding carboxylic acids is 4. The Morgan fingerprint density at radius 1 is 0.350 bits per heavy atom. The minimum atomic E-state index is -0.161. The minimum Gasteiger partial charge on any atom is -0.507 e. The third kappa shape index (κ3) is 4.82. The molecule has 0 atom stereocenters. The Morgan fingerprint density at radius 2 is 0.500 bits per heavy atom. The van der Waals surface area contributed by atoms with Crippen molar-refractivity contribution in [3.63, 3.8) is 0 Å². The van der Waals surface area contributed by atoms with Crippen molar-refractivity contribution in [3.8, 4) is 23.0 Å². The van der Waals surface area contributed by atoms with Crippen LogP contribution in [0.5, 0.6) is 23.0 Å². The predicted molar refractivity (Wildman–Crippen MR) is 145 cm³/mol. The van der Waals surface area contributed by atoms with Gasteiger partial charge in [-0.3, -0.25) is 19.2 Å². The molecule has 4 N–H and O–H groups in total. The number of carbonyl (C=O) groups is 4. The van der Waals surface area contributed by atoms with Crippen LogP contribution in [0, 0.1) is 0 Å². The number of hydrogen-bond acceptors (Lipinski definition) is 8. The van der Waals surface area contributed by atoms with Gasteiger partial charge in [0, 0.05) is 47.9 Å². The van der Waals surface area contributed by atoms with Crippen molar-refractivity contribution < 1.29 is 39.6 Å². The van der Waals surface area contributed by atoms with E-state index in [1.807, 2.05) is 0 Å². The van der Waals surface area contributed by atoms with Crippen molar-refractivity contribution in [2.24, 2.45) is 0 Å². The van der Waals surface area contributed by atoms with Crippen molar-refractivity contribution in [1.29, 1.82) is 0 Å². The van der Waals surface area contributed by atoms with Crippen LogP contribution in [0.2, 0.25) is 0 Å². The molecule has 200 valence electrons. The number of fused-ring (bicyclic) bond motifs is 8. The van der Waals surface area contributed by atoms with Gasteiger partial charge in [-0.05, 0) is 93.0 Å². The van der Waals surface area contributed by atoms with Crippen LogP contribution in [0.1, 0.15) is 85.9 Å². The normalized spacial score (nSPS) is 12.4. The SMILES string of the molecule is O=Cc1cc2c(O)c(c1)Cc1cc(C=O)cc(c1O)Cc1cc(C=O)cc(c1O)Cc1cc(C=O)cc(c1O)C2. The van der Waals surface area contributed by atoms with Crippen LogP contribution in [-0.4, -0.2) is 45.6 Å². The molecule has 0 fully saturated rings. The van der Waals surface area contributed by atoms with Gasteiger partial charge in [-0.1, -0.05) is 0 Å². The summed E-state index contributed by atoms with van der Waals surface area (Å²) in [5, 5.41) is 44.8. The molecule has 0 saturated carbocycles. The number of aromatic hydroxyl groups is 4. The minimum absolute atomic E-state index is 0.0434. The first-order valence-electron chi connectivity index (χ1n) is 12.4. The smallest absolute Gasteiger partial charge is 0.150 e. The van der Waals surface area contributed by atoms with E-state index in [-0.39, 0.29) is 70.9 Å². The zero-order valence-corrected chi connectivity index (χ0v) is 21.2. The lowest BCUT2D eigenvalue weighted by Gasteiger charge is -2.18. The van der Waals surface area contributed by atoms with Crippen molar-refractivity contribution in [1.82, 2.24) is 0 Å². The molecule has 1 aliphatic carbocycles. The van der Waals surface area contributed by atoms with E-state index < -0.39 is 0 Å². The van der Waals surface area contributed by atoms with E-state index in [1.54, 1.807) is 0 Å². The Kier molecular flexibility index (Phi) is 6.92. The highest BCUT2D eigenvalue weighted by atomic mass is 16.3. The molecule has 4 aromatic rings. The second-order valence-corrected chi connectivity index (χ2v) is 9.93. The Labute approximate surface area is 228 Å². The maximum absolute atomic E-state index is 11.8. The molecule has 5 rings (SSSR count). The molecule has 8 bridgehead atoms. The van der Waals surface area contributed by atoms with Gasteiger partial charge in [0.05, 0.1) is 0 Å². The number of rotatable bonds is 4. The second kappa shape index (κ2) is 10.5. The van der Waals surface area contributed by atoms with Crippen molar-refractivity contribution >= 4 is 25.1 Å². The van der Waals surface area contributed by atoms with E-state index in [0.717, 1.165) is 0 Å². The highest BCUT2D eigenvalue weighted by molar-refractivity contribution is 5.80. The molecule has 0 heterocycles. The summed E-state index contributed by atoms with van der Waals surface area (Å²) < 4.78 is 0. The first kappa shape index (κ1) is 26.4. The molecule has 0 radical (unpaired) electrons. The van der Waals surface area contributed by atoms with Crippen LogP contribution in [0.4, 0.5) is 0 Å². The van der Waals surface area contributed by atoms with Gasteiger partial charge in [0.15, 0.2) is 0 Å². The number of hydrogen-bond donors (Lipinski definition) is 4. The van der Waals surface area contributed by atoms with Crippen LogP contribution in [0.3, 0.4) is 0 Å². The molecule has 0 unspecified atom stereocenters. The van der Waals surface area contributed by atoms with Crippen LogP contribution < -0.4 is 0 Å². The lowest BCUT2D eigenvalue weighted by atomic mass is 9.89. The van der Waals surface area contributed by atoms with E-state index in [9.17, 15) is 39.6 Å². The summed E-state index contributed by atoms with van der Waals surface area (Å²) in [7, 11) is 0. The van der Waals surface area contributed by atoms with Crippen molar-refractivity contribution in [3.05, 3.63) is 115 Å². The maximum atomic E-state index is 11.8. The third-order valence-electron chi connectivity index (χ3n) is 7.23. The molecule has 8 heteroatoms. The van der Waals surface area contributed by atoms with Gasteiger partial charge in [-0.25, -0.2) is 0 Å². The summed E-state index contributed by atoms with van der Waals surface area (Å²) in [6.07, 6.45) is 2.29. The fourth-order valence-corrected chi connectivity index (χ4v) is 5.32. The number of phenolic OH excluding ortho intramolecular Hbond substituents is 4. The van der Waals surface area contributed by atoms with Gasteiger partial charge in [-0.15, -0.1) is 0 Å². The fraction of sp³-hybridized carbons (Fsp3) is 0.125. The number of phenols is 4. The Bertz CT molecular complexity index is 1370. The first-order valence-corrected chi connectivity index (χ1v) is 12.4. The van der Waals surface area contributed by atoms with Crippen LogP contribution in [0.15, 0.2) is 48.5 Å². The lowest BCUT2D eigenvalue weighted by Crippen LogP contribution is -2.04. The largest absolute Gasteiger partial charge is 0.507 e. The average molecular weight is 537 g/mol. The quantitative estimate of drug-likeness (QED) is 0.246. The van der Waals surface area contributed by atoms with Gasteiger partial charge in [0.2, 0.25) is 0 Å². The standard InChI is InChI=1S/C32H24O8/c33-13-17-1-21-9-23-3-18(14-34)4-25(30(23)38)11-26-7-20(16-36)8-28(32(26)40)12-27-6-19(15-35)5-24(31(27)39)10-22(2-17)29(21)37/h1-8,13-16,37-40H,9-12H2. The van der Waals surface area contributed by atoms with E-state index >= 15 is 0 Å². The first-order chi connectivity index (χ1) is 19.2. The summed E-state index contributed by atoms with van der Waals surface area (Å²) in [6.45, 7) is 0. The lowest BCUT2D eigenvalue weighted by molar-refractivity contribution is 0.111. The van der Waals surface area contributed by atoms with E-state index in [4.69, 9.17) is 0 Å². The molecular formula is C32H24O8. The third-order valence-corrected chi connectivity index (χ3v) is 7.23. The Balaban J connectivity index is 1.83. The van der Waals surface area contributed by atoms with Crippen LogP contribution >= 0.6 is 0 Å². The Hall–Kier alpha value is -5.24. The zero-order valence-electron chi connectivity index (χ0n) is 21.2. The van der Waals surface area contributed by atoms with Gasteiger partial charge in [0.25, 0.3) is 0 Å². The van der Waals surface area contributed by atoms with Crippen molar-refractivity contribution in [2.75, 3.05) is 0 Å². The molecule has 0 spiro atoms. The summed E-state index contributed by atoms with van der Waals surface area (Å²) >= 11 is 0. The second-order valence-electron chi connectivity index (χ2n) is 9.93. The topological polar surface area (TPSA) is 149 Å². The average Bonchev–Trinajstić information content (AvgIpc) is 2.95. The highest BCUT2D eigenvalue weighted by Crippen LogP contribution is 2.38. The van der Waals surface area contributed by atoms with E-state index in [0.29, 0.717) is 69.7 Å². The molecule has 8 nitrogen and oxygen atoms in total. The van der Waals surface area contributed by atoms with Crippen molar-refractivity contribution in [2.45, 2.75) is 25.7 Å². The van der Waals surface area contributed by atoms with E-state index in [2.05, 4.69) is 0 Å². The maximum Gasteiger partial charge on any atom is 0.150 e. The van der Waals surface area contributed by atoms with E-state index in [1.165, 1.54) is 48.5 Å². The molecule has 40 heavy (non-hydrogen) atoms. The molecule has 0 aromatic heterocycles. The molecule has 0 amide bonds. The number of aldehydes is 4. The van der Waals surface area contributed by atoms with Gasteiger partial charge in [0.1, 0.15) is 48.1 Å².